The van der Waals surface area contributed by atoms with E-state index < -0.39 is 5.91 Å². The van der Waals surface area contributed by atoms with E-state index in [4.69, 9.17) is 19.6 Å². The van der Waals surface area contributed by atoms with Crippen LogP contribution in [0.2, 0.25) is 0 Å². The molecule has 4 amide bonds. The minimum absolute atomic E-state index is 0.0245. The first-order valence-corrected chi connectivity index (χ1v) is 12.4. The molecule has 4 heterocycles. The summed E-state index contributed by atoms with van der Waals surface area (Å²) < 4.78 is 15.8. The zero-order valence-corrected chi connectivity index (χ0v) is 20.8. The van der Waals surface area contributed by atoms with Gasteiger partial charge in [-0.25, -0.2) is 0 Å². The smallest absolute Gasteiger partial charge is 0.290 e. The van der Waals surface area contributed by atoms with Crippen molar-refractivity contribution in [3.8, 4) is 17.2 Å². The van der Waals surface area contributed by atoms with Gasteiger partial charge in [0.25, 0.3) is 23.0 Å². The van der Waals surface area contributed by atoms with Gasteiger partial charge in [-0.05, 0) is 71.1 Å². The lowest BCUT2D eigenvalue weighted by molar-refractivity contribution is -0.121. The van der Waals surface area contributed by atoms with Crippen molar-refractivity contribution in [2.75, 3.05) is 25.3 Å². The van der Waals surface area contributed by atoms with E-state index >= 15 is 0 Å². The Balaban J connectivity index is 0.000000153. The first-order valence-electron chi connectivity index (χ1n) is 10.7. The maximum atomic E-state index is 11.6. The van der Waals surface area contributed by atoms with Gasteiger partial charge in [-0.3, -0.25) is 29.9 Å². The summed E-state index contributed by atoms with van der Waals surface area (Å²) in [6.45, 7) is 0.256. The highest BCUT2D eigenvalue weighted by molar-refractivity contribution is 8.18. The first kappa shape index (κ1) is 24.5. The third-order valence-corrected chi connectivity index (χ3v) is 7.01. The van der Waals surface area contributed by atoms with Gasteiger partial charge in [-0.2, -0.15) is 0 Å². The molecule has 0 bridgehead atoms. The van der Waals surface area contributed by atoms with Gasteiger partial charge >= 0.3 is 0 Å². The van der Waals surface area contributed by atoms with Crippen molar-refractivity contribution in [3.63, 3.8) is 0 Å². The number of imide groups is 1. The molecule has 0 atom stereocenters. The number of thioether (sulfide) groups is 2. The standard InChI is InChI=1S/C13H10N2O4S.C11H8N2O3S/c1-15-8-4-7(2-3-9(8)19-6-11(15)16)5-10-12(17)14-13(18)20-10;12-11-13-10(14)9(17-11)4-6-1-2-7-8(3-6)16-5-15-7/h2-5H,6H2,1H3,(H,14,17,18);1-4H,5H2,(H2,12,13,14). The SMILES string of the molecule is CN1C(=O)COc2ccc(C=C3SC(=O)NC3=O)cc21.N=C1NC(=O)C(=Cc2ccc3c(c2)OCO3)S1. The maximum absolute atomic E-state index is 11.6. The molecule has 0 aliphatic carbocycles. The summed E-state index contributed by atoms with van der Waals surface area (Å²) in [7, 11) is 1.67. The number of amidine groups is 1. The van der Waals surface area contributed by atoms with Crippen LogP contribution in [-0.4, -0.2) is 48.6 Å². The highest BCUT2D eigenvalue weighted by Gasteiger charge is 2.26. The number of rotatable bonds is 2. The number of nitrogens with one attached hydrogen (secondary N) is 3. The molecule has 13 heteroatoms. The van der Waals surface area contributed by atoms with Gasteiger partial charge in [-0.1, -0.05) is 12.1 Å². The molecule has 2 fully saturated rings. The van der Waals surface area contributed by atoms with Crippen molar-refractivity contribution in [2.24, 2.45) is 0 Å². The molecule has 11 nitrogen and oxygen atoms in total. The number of anilines is 1. The fraction of sp³-hybridized carbons (Fsp3) is 0.125. The summed E-state index contributed by atoms with van der Waals surface area (Å²) in [6, 6.07) is 10.7. The van der Waals surface area contributed by atoms with Crippen LogP contribution in [-0.2, 0) is 14.4 Å². The molecule has 37 heavy (non-hydrogen) atoms. The van der Waals surface area contributed by atoms with Crippen LogP contribution in [0.3, 0.4) is 0 Å². The number of nitrogens with zero attached hydrogens (tertiary/aromatic N) is 1. The summed E-state index contributed by atoms with van der Waals surface area (Å²) in [5.74, 6) is 1.23. The van der Waals surface area contributed by atoms with Crippen LogP contribution in [0.5, 0.6) is 17.2 Å². The van der Waals surface area contributed by atoms with E-state index in [0.29, 0.717) is 32.7 Å². The summed E-state index contributed by atoms with van der Waals surface area (Å²) in [5, 5.41) is 11.7. The molecule has 3 N–H and O–H groups in total. The Morgan fingerprint density at radius 3 is 2.16 bits per heavy atom. The quantitative estimate of drug-likeness (QED) is 0.491. The van der Waals surface area contributed by atoms with Crippen molar-refractivity contribution < 1.29 is 33.4 Å². The zero-order valence-electron chi connectivity index (χ0n) is 19.2. The minimum atomic E-state index is -0.404. The molecule has 6 rings (SSSR count). The van der Waals surface area contributed by atoms with E-state index in [2.05, 4.69) is 10.6 Å². The zero-order chi connectivity index (χ0) is 26.1. The molecule has 4 aliphatic heterocycles. The second kappa shape index (κ2) is 10.0. The molecule has 0 unspecified atom stereocenters. The Morgan fingerprint density at radius 2 is 1.49 bits per heavy atom. The summed E-state index contributed by atoms with van der Waals surface area (Å²) in [6.07, 6.45) is 3.33. The van der Waals surface area contributed by atoms with E-state index in [9.17, 15) is 19.2 Å². The topological polar surface area (TPSA) is 147 Å². The van der Waals surface area contributed by atoms with Gasteiger partial charge < -0.3 is 24.4 Å². The Morgan fingerprint density at radius 1 is 0.838 bits per heavy atom. The van der Waals surface area contributed by atoms with Crippen molar-refractivity contribution in [2.45, 2.75) is 0 Å². The molecule has 4 aliphatic rings. The van der Waals surface area contributed by atoms with Gasteiger partial charge in [0.1, 0.15) is 5.75 Å². The number of ether oxygens (including phenoxy) is 3. The third kappa shape index (κ3) is 5.32. The van der Waals surface area contributed by atoms with Gasteiger partial charge in [0, 0.05) is 7.05 Å². The third-order valence-electron chi connectivity index (χ3n) is 5.37. The number of amides is 4. The van der Waals surface area contributed by atoms with Crippen molar-refractivity contribution in [3.05, 3.63) is 57.3 Å². The maximum Gasteiger partial charge on any atom is 0.290 e. The van der Waals surface area contributed by atoms with Crippen LogP contribution in [0.25, 0.3) is 12.2 Å². The van der Waals surface area contributed by atoms with E-state index in [-0.39, 0.29) is 35.6 Å². The molecule has 0 saturated carbocycles. The summed E-state index contributed by atoms with van der Waals surface area (Å²) >= 11 is 1.97. The van der Waals surface area contributed by atoms with Gasteiger partial charge in [0.2, 0.25) is 6.79 Å². The van der Waals surface area contributed by atoms with Gasteiger partial charge in [0.05, 0.1) is 15.5 Å². The number of carbonyl (C=O) groups is 4. The molecular weight excluding hydrogens is 520 g/mol. The highest BCUT2D eigenvalue weighted by Crippen LogP contribution is 2.35. The summed E-state index contributed by atoms with van der Waals surface area (Å²) in [4.78, 5) is 47.9. The average molecular weight is 539 g/mol. The molecule has 0 spiro atoms. The predicted octanol–water partition coefficient (Wildman–Crippen LogP) is 2.92. The number of hydrogen-bond acceptors (Lipinski definition) is 10. The van der Waals surface area contributed by atoms with Crippen LogP contribution < -0.4 is 29.7 Å². The van der Waals surface area contributed by atoms with E-state index in [1.807, 2.05) is 12.1 Å². The molecule has 2 aromatic carbocycles. The number of hydrogen-bond donors (Lipinski definition) is 3. The van der Waals surface area contributed by atoms with Gasteiger partial charge in [0.15, 0.2) is 23.3 Å². The van der Waals surface area contributed by atoms with Crippen LogP contribution in [0.15, 0.2) is 46.2 Å². The molecule has 0 radical (unpaired) electrons. The van der Waals surface area contributed by atoms with E-state index in [1.165, 1.54) is 4.90 Å². The highest BCUT2D eigenvalue weighted by atomic mass is 32.2. The molecular formula is C24H18N4O7S2. The first-order chi connectivity index (χ1) is 17.8. The van der Waals surface area contributed by atoms with Crippen molar-refractivity contribution in [1.82, 2.24) is 10.6 Å². The Hall–Kier alpha value is -4.23. The van der Waals surface area contributed by atoms with Crippen LogP contribution >= 0.6 is 23.5 Å². The minimum Gasteiger partial charge on any atom is -0.482 e. The van der Waals surface area contributed by atoms with Crippen molar-refractivity contribution in [1.29, 1.82) is 5.41 Å². The fourth-order valence-electron chi connectivity index (χ4n) is 3.55. The number of carbonyl (C=O) groups excluding carboxylic acids is 4. The number of fused-ring (bicyclic) bond motifs is 2. The molecule has 2 aromatic rings. The molecule has 0 aromatic heterocycles. The number of benzene rings is 2. The second-order valence-corrected chi connectivity index (χ2v) is 9.89. The van der Waals surface area contributed by atoms with E-state index in [1.54, 1.807) is 43.5 Å². The lowest BCUT2D eigenvalue weighted by atomic mass is 10.1. The Labute approximate surface area is 218 Å². The molecule has 188 valence electrons. The lowest BCUT2D eigenvalue weighted by Gasteiger charge is -2.26. The van der Waals surface area contributed by atoms with Gasteiger partial charge in [-0.15, -0.1) is 0 Å². The fourth-order valence-corrected chi connectivity index (χ4v) is 4.93. The largest absolute Gasteiger partial charge is 0.482 e. The molecule has 2 saturated heterocycles. The van der Waals surface area contributed by atoms with Crippen LogP contribution in [0.4, 0.5) is 10.5 Å². The number of likely N-dealkylation sites (N-methyl/N-ethyl adjacent to an activating group) is 1. The Kier molecular flexibility index (Phi) is 6.63. The monoisotopic (exact) mass is 538 g/mol. The summed E-state index contributed by atoms with van der Waals surface area (Å²) in [5.41, 5.74) is 2.22. The van der Waals surface area contributed by atoms with Crippen LogP contribution in [0, 0.1) is 5.41 Å². The lowest BCUT2D eigenvalue weighted by Crippen LogP contribution is -2.35. The normalized spacial score (nSPS) is 19.9. The average Bonchev–Trinajstić information content (AvgIpc) is 3.55. The Bertz CT molecular complexity index is 1440. The van der Waals surface area contributed by atoms with E-state index in [0.717, 1.165) is 34.7 Å². The second-order valence-electron chi connectivity index (χ2n) is 7.83. The predicted molar refractivity (Wildman–Crippen MR) is 138 cm³/mol. The van der Waals surface area contributed by atoms with Crippen LogP contribution in [0.1, 0.15) is 11.1 Å². The van der Waals surface area contributed by atoms with Crippen molar-refractivity contribution >= 4 is 69.5 Å².